The summed E-state index contributed by atoms with van der Waals surface area (Å²) >= 11 is 4.26. The molecule has 0 fully saturated rings. The molecule has 1 N–H and O–H groups in total. The van der Waals surface area contributed by atoms with E-state index in [9.17, 15) is 15.2 Å². The first-order valence-corrected chi connectivity index (χ1v) is 5.13. The van der Waals surface area contributed by atoms with Gasteiger partial charge in [0, 0.05) is 0 Å². The van der Waals surface area contributed by atoms with Crippen LogP contribution in [-0.4, -0.2) is 15.0 Å². The Labute approximate surface area is 90.3 Å². The third-order valence-corrected chi connectivity index (χ3v) is 3.20. The zero-order valence-corrected chi connectivity index (χ0v) is 9.00. The fraction of sp³-hybridized carbons (Fsp3) is 0. The summed E-state index contributed by atoms with van der Waals surface area (Å²) < 4.78 is 0.933. The van der Waals surface area contributed by atoms with Crippen LogP contribution < -0.4 is 0 Å². The quantitative estimate of drug-likeness (QED) is 0.641. The molecular weight excluding hydrogens is 272 g/mol. The fourth-order valence-corrected chi connectivity index (χ4v) is 2.60. The molecule has 1 aromatic carbocycles. The van der Waals surface area contributed by atoms with E-state index in [0.717, 1.165) is 11.3 Å². The third-order valence-electron chi connectivity index (χ3n) is 1.67. The zero-order chi connectivity index (χ0) is 10.3. The largest absolute Gasteiger partial charge is 0.502 e. The van der Waals surface area contributed by atoms with Crippen LogP contribution in [0.25, 0.3) is 10.2 Å². The lowest BCUT2D eigenvalue weighted by molar-refractivity contribution is -0.383. The van der Waals surface area contributed by atoms with Gasteiger partial charge in [-0.2, -0.15) is 0 Å². The molecule has 0 atom stereocenters. The molecule has 0 amide bonds. The molecule has 1 heterocycles. The Morgan fingerprint density at radius 3 is 2.93 bits per heavy atom. The van der Waals surface area contributed by atoms with Gasteiger partial charge in [0.25, 0.3) is 0 Å². The number of aromatic hydroxyl groups is 1. The Kier molecular flexibility index (Phi) is 2.12. The molecule has 7 heteroatoms. The van der Waals surface area contributed by atoms with E-state index in [2.05, 4.69) is 20.9 Å². The van der Waals surface area contributed by atoms with Crippen molar-refractivity contribution in [1.29, 1.82) is 0 Å². The summed E-state index contributed by atoms with van der Waals surface area (Å²) in [6, 6.07) is 2.81. The van der Waals surface area contributed by atoms with Gasteiger partial charge in [0.2, 0.25) is 0 Å². The Morgan fingerprint density at radius 1 is 1.57 bits per heavy atom. The number of halogens is 1. The molecule has 0 spiro atoms. The highest BCUT2D eigenvalue weighted by atomic mass is 79.9. The van der Waals surface area contributed by atoms with E-state index in [1.807, 2.05) is 0 Å². The number of hydrogen-bond donors (Lipinski definition) is 1. The molecule has 0 aliphatic carbocycles. The first-order valence-electron chi connectivity index (χ1n) is 3.52. The van der Waals surface area contributed by atoms with Crippen molar-refractivity contribution in [3.05, 3.63) is 26.2 Å². The van der Waals surface area contributed by atoms with Crippen molar-refractivity contribution in [2.24, 2.45) is 0 Å². The average Bonchev–Trinajstić information content (AvgIpc) is 2.43. The SMILES string of the molecule is O=[N+]([O-])c1c(O)ccc2nc(Br)sc12. The van der Waals surface area contributed by atoms with E-state index in [1.165, 1.54) is 6.07 Å². The Hall–Kier alpha value is -1.21. The maximum atomic E-state index is 10.7. The molecule has 1 aromatic heterocycles. The van der Waals surface area contributed by atoms with Crippen LogP contribution in [0.4, 0.5) is 5.69 Å². The summed E-state index contributed by atoms with van der Waals surface area (Å²) in [6.07, 6.45) is 0. The highest BCUT2D eigenvalue weighted by molar-refractivity contribution is 9.11. The minimum atomic E-state index is -0.609. The summed E-state index contributed by atoms with van der Waals surface area (Å²) in [7, 11) is 0. The van der Waals surface area contributed by atoms with Crippen LogP contribution >= 0.6 is 27.3 Å². The van der Waals surface area contributed by atoms with Crippen molar-refractivity contribution < 1.29 is 10.0 Å². The van der Waals surface area contributed by atoms with Crippen LogP contribution in [0.3, 0.4) is 0 Å². The smallest absolute Gasteiger partial charge is 0.330 e. The maximum absolute atomic E-state index is 10.7. The van der Waals surface area contributed by atoms with E-state index in [-0.39, 0.29) is 11.4 Å². The number of aromatic nitrogens is 1. The number of nitro benzene ring substituents is 1. The van der Waals surface area contributed by atoms with E-state index >= 15 is 0 Å². The Bertz CT molecular complexity index is 525. The number of fused-ring (bicyclic) bond motifs is 1. The van der Waals surface area contributed by atoms with Crippen LogP contribution in [0.15, 0.2) is 16.0 Å². The summed E-state index contributed by atoms with van der Waals surface area (Å²) in [5.41, 5.74) is 0.220. The monoisotopic (exact) mass is 274 g/mol. The third kappa shape index (κ3) is 1.34. The van der Waals surface area contributed by atoms with Gasteiger partial charge in [0.1, 0.15) is 4.70 Å². The molecule has 14 heavy (non-hydrogen) atoms. The summed E-state index contributed by atoms with van der Waals surface area (Å²) in [6.45, 7) is 0. The second-order valence-corrected chi connectivity index (χ2v) is 4.78. The molecule has 5 nitrogen and oxygen atoms in total. The number of benzene rings is 1. The molecule has 0 saturated carbocycles. The normalized spacial score (nSPS) is 10.6. The number of thiazole rings is 1. The molecular formula is C7H3BrN2O3S. The summed E-state index contributed by atoms with van der Waals surface area (Å²) in [5.74, 6) is -0.335. The number of nitrogens with zero attached hydrogens (tertiary/aromatic N) is 2. The van der Waals surface area contributed by atoms with Gasteiger partial charge in [-0.3, -0.25) is 10.1 Å². The van der Waals surface area contributed by atoms with E-state index in [1.54, 1.807) is 6.07 Å². The molecule has 2 aromatic rings. The minimum absolute atomic E-state index is 0.286. The molecule has 2 rings (SSSR count). The number of phenols is 1. The van der Waals surface area contributed by atoms with Crippen molar-refractivity contribution >= 4 is 43.2 Å². The van der Waals surface area contributed by atoms with Gasteiger partial charge in [-0.05, 0) is 28.1 Å². The van der Waals surface area contributed by atoms with E-state index in [0.29, 0.717) is 14.1 Å². The molecule has 0 bridgehead atoms. The molecule has 0 saturated heterocycles. The average molecular weight is 275 g/mol. The summed E-state index contributed by atoms with van der Waals surface area (Å²) in [4.78, 5) is 14.1. The molecule has 0 aliphatic heterocycles. The highest BCUT2D eigenvalue weighted by Gasteiger charge is 2.20. The lowest BCUT2D eigenvalue weighted by atomic mass is 10.3. The Morgan fingerprint density at radius 2 is 2.29 bits per heavy atom. The van der Waals surface area contributed by atoms with Crippen molar-refractivity contribution in [3.8, 4) is 5.75 Å². The summed E-state index contributed by atoms with van der Waals surface area (Å²) in [5, 5.41) is 20.0. The van der Waals surface area contributed by atoms with E-state index < -0.39 is 4.92 Å². The van der Waals surface area contributed by atoms with Gasteiger partial charge in [-0.1, -0.05) is 11.3 Å². The lowest BCUT2D eigenvalue weighted by Gasteiger charge is -1.94. The van der Waals surface area contributed by atoms with Crippen LogP contribution in [0.1, 0.15) is 0 Å². The van der Waals surface area contributed by atoms with Crippen molar-refractivity contribution in [3.63, 3.8) is 0 Å². The molecule has 72 valence electrons. The molecule has 0 aliphatic rings. The topological polar surface area (TPSA) is 76.3 Å². The fourth-order valence-electron chi connectivity index (χ4n) is 1.12. The van der Waals surface area contributed by atoms with Gasteiger partial charge >= 0.3 is 5.69 Å². The number of rotatable bonds is 1. The van der Waals surface area contributed by atoms with Gasteiger partial charge < -0.3 is 5.11 Å². The van der Waals surface area contributed by atoms with Crippen molar-refractivity contribution in [2.45, 2.75) is 0 Å². The van der Waals surface area contributed by atoms with Crippen molar-refractivity contribution in [1.82, 2.24) is 4.98 Å². The van der Waals surface area contributed by atoms with Crippen LogP contribution in [0.2, 0.25) is 0 Å². The second kappa shape index (κ2) is 3.18. The van der Waals surface area contributed by atoms with Gasteiger partial charge in [-0.15, -0.1) is 0 Å². The Balaban J connectivity index is 2.88. The molecule has 0 unspecified atom stereocenters. The first kappa shape index (κ1) is 9.35. The van der Waals surface area contributed by atoms with Crippen LogP contribution in [0.5, 0.6) is 5.75 Å². The van der Waals surface area contributed by atoms with Gasteiger partial charge in [0.15, 0.2) is 9.67 Å². The predicted octanol–water partition coefficient (Wildman–Crippen LogP) is 2.67. The zero-order valence-electron chi connectivity index (χ0n) is 6.60. The van der Waals surface area contributed by atoms with Gasteiger partial charge in [0.05, 0.1) is 10.4 Å². The lowest BCUT2D eigenvalue weighted by Crippen LogP contribution is -1.88. The van der Waals surface area contributed by atoms with Crippen LogP contribution in [-0.2, 0) is 0 Å². The van der Waals surface area contributed by atoms with Crippen molar-refractivity contribution in [2.75, 3.05) is 0 Å². The maximum Gasteiger partial charge on any atom is 0.330 e. The number of hydrogen-bond acceptors (Lipinski definition) is 5. The number of nitro groups is 1. The standard InChI is InChI=1S/C7H3BrN2O3S/c8-7-9-3-1-2-4(11)5(10(12)13)6(3)14-7/h1-2,11H. The van der Waals surface area contributed by atoms with Crippen LogP contribution in [0, 0.1) is 10.1 Å². The van der Waals surface area contributed by atoms with E-state index in [4.69, 9.17) is 0 Å². The first-order chi connectivity index (χ1) is 6.59. The number of phenolic OH excluding ortho intramolecular Hbond substituents is 1. The molecule has 0 radical (unpaired) electrons. The second-order valence-electron chi connectivity index (χ2n) is 2.51. The predicted molar refractivity (Wildman–Crippen MR) is 55.6 cm³/mol. The minimum Gasteiger partial charge on any atom is -0.502 e. The highest BCUT2D eigenvalue weighted by Crippen LogP contribution is 2.38. The van der Waals surface area contributed by atoms with Gasteiger partial charge in [-0.25, -0.2) is 4.98 Å².